The first-order valence-electron chi connectivity index (χ1n) is 14.5. The number of likely N-dealkylation sites (N-methyl/N-ethyl adjacent to an activating group) is 1. The number of benzene rings is 3. The van der Waals surface area contributed by atoms with Crippen molar-refractivity contribution in [2.24, 2.45) is 0 Å². The van der Waals surface area contributed by atoms with Crippen LogP contribution in [0.5, 0.6) is 0 Å². The van der Waals surface area contributed by atoms with Crippen molar-refractivity contribution in [3.8, 4) is 0 Å². The summed E-state index contributed by atoms with van der Waals surface area (Å²) in [7, 11) is -1.79. The highest BCUT2D eigenvalue weighted by molar-refractivity contribution is 7.62. The summed E-state index contributed by atoms with van der Waals surface area (Å²) in [5, 5.41) is 10.1. The minimum atomic E-state index is -3.57. The maximum Gasteiger partial charge on any atom is 0.361 e. The molecule has 2 aliphatic rings. The van der Waals surface area contributed by atoms with Gasteiger partial charge in [-0.3, -0.25) is 19.1 Å². The smallest absolute Gasteiger partial charge is 0.354 e. The summed E-state index contributed by atoms with van der Waals surface area (Å²) in [4.78, 5) is 30.2. The third-order valence-electron chi connectivity index (χ3n) is 7.44. The van der Waals surface area contributed by atoms with Gasteiger partial charge in [-0.2, -0.15) is 0 Å². The number of hydrogen-bond acceptors (Lipinski definition) is 8. The van der Waals surface area contributed by atoms with E-state index in [9.17, 15) is 14.2 Å². The van der Waals surface area contributed by atoms with Gasteiger partial charge in [0.2, 0.25) is 5.91 Å². The van der Waals surface area contributed by atoms with E-state index < -0.39 is 7.60 Å². The first-order valence-corrected chi connectivity index (χ1v) is 16.1. The SMILES string of the molecule is CCOP(=O)(OCC)c1ccc2c(c1)/C(=C(/Nc1ccc(N(C)C(=O)CN3CCNCC3)cc1)c1ccccc1)C(=O)N2. The topological polar surface area (TPSA) is 112 Å². The number of carbonyl (C=O) groups excluding carboxylic acids is 2. The van der Waals surface area contributed by atoms with Crippen molar-refractivity contribution in [2.45, 2.75) is 13.8 Å². The van der Waals surface area contributed by atoms with E-state index in [1.54, 1.807) is 44.0 Å². The molecule has 0 atom stereocenters. The van der Waals surface area contributed by atoms with E-state index in [0.29, 0.717) is 34.4 Å². The summed E-state index contributed by atoms with van der Waals surface area (Å²) in [5.74, 6) is -0.253. The second-order valence-electron chi connectivity index (χ2n) is 10.3. The second kappa shape index (κ2) is 13.7. The molecular weight excluding hydrogens is 565 g/mol. The van der Waals surface area contributed by atoms with Crippen LogP contribution in [-0.4, -0.2) is 69.7 Å². The Hall–Kier alpha value is -3.79. The molecule has 226 valence electrons. The van der Waals surface area contributed by atoms with Crippen LogP contribution in [0.3, 0.4) is 0 Å². The molecule has 3 aromatic rings. The first-order chi connectivity index (χ1) is 20.8. The predicted octanol–water partition coefficient (Wildman–Crippen LogP) is 4.38. The molecular formula is C32H38N5O5P. The minimum Gasteiger partial charge on any atom is -0.354 e. The van der Waals surface area contributed by atoms with Crippen molar-refractivity contribution >= 4 is 53.0 Å². The highest BCUT2D eigenvalue weighted by Gasteiger charge is 2.33. The zero-order valence-corrected chi connectivity index (χ0v) is 25.7. The molecule has 0 spiro atoms. The molecule has 1 fully saturated rings. The van der Waals surface area contributed by atoms with Crippen molar-refractivity contribution in [2.75, 3.05) is 68.5 Å². The Bertz CT molecular complexity index is 1530. The Morgan fingerprint density at radius 1 is 0.977 bits per heavy atom. The van der Waals surface area contributed by atoms with Gasteiger partial charge >= 0.3 is 7.60 Å². The highest BCUT2D eigenvalue weighted by atomic mass is 31.2. The molecule has 0 aromatic heterocycles. The zero-order chi connectivity index (χ0) is 30.4. The first kappa shape index (κ1) is 30.7. The zero-order valence-electron chi connectivity index (χ0n) is 24.8. The monoisotopic (exact) mass is 603 g/mol. The number of carbonyl (C=O) groups is 2. The third-order valence-corrected chi connectivity index (χ3v) is 9.55. The molecule has 0 bridgehead atoms. The number of fused-ring (bicyclic) bond motifs is 1. The second-order valence-corrected chi connectivity index (χ2v) is 12.3. The van der Waals surface area contributed by atoms with E-state index in [1.807, 2.05) is 54.6 Å². The fourth-order valence-electron chi connectivity index (χ4n) is 5.21. The van der Waals surface area contributed by atoms with Gasteiger partial charge in [0.1, 0.15) is 0 Å². The van der Waals surface area contributed by atoms with Gasteiger partial charge in [0.25, 0.3) is 5.91 Å². The average Bonchev–Trinajstić information content (AvgIpc) is 3.35. The van der Waals surface area contributed by atoms with Gasteiger partial charge in [-0.25, -0.2) is 0 Å². The van der Waals surface area contributed by atoms with Crippen molar-refractivity contribution in [3.05, 3.63) is 83.9 Å². The fraction of sp³-hybridized carbons (Fsp3) is 0.312. The van der Waals surface area contributed by atoms with Crippen LogP contribution in [0, 0.1) is 0 Å². The molecule has 1 saturated heterocycles. The van der Waals surface area contributed by atoms with Crippen LogP contribution in [0.4, 0.5) is 17.1 Å². The van der Waals surface area contributed by atoms with Crippen molar-refractivity contribution in [3.63, 3.8) is 0 Å². The van der Waals surface area contributed by atoms with E-state index in [1.165, 1.54) is 0 Å². The molecule has 0 unspecified atom stereocenters. The van der Waals surface area contributed by atoms with Crippen molar-refractivity contribution in [1.29, 1.82) is 0 Å². The van der Waals surface area contributed by atoms with Gasteiger partial charge in [-0.15, -0.1) is 0 Å². The standard InChI is InChI=1S/C32H38N5O5P/c1-4-41-43(40,42-5-2)26-15-16-28-27(21-26)30(32(39)35-28)31(23-9-7-6-8-10-23)34-24-11-13-25(14-12-24)36(3)29(38)22-37-19-17-33-18-20-37/h6-16,21,33-34H,4-5,17-20,22H2,1-3H3,(H,35,39)/b31-30-. The predicted molar refractivity (Wildman–Crippen MR) is 172 cm³/mol. The normalized spacial score (nSPS) is 16.4. The number of rotatable bonds is 11. The quantitative estimate of drug-likeness (QED) is 0.219. The summed E-state index contributed by atoms with van der Waals surface area (Å²) < 4.78 is 24.7. The maximum absolute atomic E-state index is 13.6. The van der Waals surface area contributed by atoms with Crippen LogP contribution in [0.1, 0.15) is 25.0 Å². The van der Waals surface area contributed by atoms with Crippen LogP contribution in [0.15, 0.2) is 72.8 Å². The molecule has 43 heavy (non-hydrogen) atoms. The van der Waals surface area contributed by atoms with Gasteiger partial charge in [0, 0.05) is 55.9 Å². The fourth-order valence-corrected chi connectivity index (χ4v) is 6.80. The Morgan fingerprint density at radius 3 is 2.30 bits per heavy atom. The van der Waals surface area contributed by atoms with Crippen molar-refractivity contribution in [1.82, 2.24) is 10.2 Å². The number of hydrogen-bond donors (Lipinski definition) is 3. The van der Waals surface area contributed by atoms with Gasteiger partial charge in [0.05, 0.1) is 36.3 Å². The lowest BCUT2D eigenvalue weighted by atomic mass is 10.00. The van der Waals surface area contributed by atoms with E-state index in [-0.39, 0.29) is 25.0 Å². The maximum atomic E-state index is 13.6. The van der Waals surface area contributed by atoms with E-state index in [0.717, 1.165) is 43.1 Å². The Morgan fingerprint density at radius 2 is 1.65 bits per heavy atom. The molecule has 0 radical (unpaired) electrons. The third kappa shape index (κ3) is 6.90. The molecule has 3 aromatic carbocycles. The molecule has 5 rings (SSSR count). The Labute approximate surface area is 252 Å². The number of amides is 2. The largest absolute Gasteiger partial charge is 0.361 e. The Balaban J connectivity index is 1.47. The lowest BCUT2D eigenvalue weighted by Gasteiger charge is -2.28. The van der Waals surface area contributed by atoms with Gasteiger partial charge in [0.15, 0.2) is 0 Å². The van der Waals surface area contributed by atoms with Crippen LogP contribution < -0.4 is 26.2 Å². The summed E-state index contributed by atoms with van der Waals surface area (Å²) in [6.45, 7) is 7.82. The van der Waals surface area contributed by atoms with Gasteiger partial charge in [-0.1, -0.05) is 30.3 Å². The molecule has 2 heterocycles. The van der Waals surface area contributed by atoms with Crippen LogP contribution in [0.25, 0.3) is 11.3 Å². The molecule has 0 saturated carbocycles. The molecule has 11 heteroatoms. The highest BCUT2D eigenvalue weighted by Crippen LogP contribution is 2.48. The molecule has 3 N–H and O–H groups in total. The average molecular weight is 604 g/mol. The van der Waals surface area contributed by atoms with Crippen LogP contribution in [-0.2, 0) is 23.2 Å². The van der Waals surface area contributed by atoms with Gasteiger partial charge < -0.3 is 29.9 Å². The van der Waals surface area contributed by atoms with Crippen molar-refractivity contribution < 1.29 is 23.2 Å². The lowest BCUT2D eigenvalue weighted by Crippen LogP contribution is -2.47. The molecule has 10 nitrogen and oxygen atoms in total. The number of piperazine rings is 1. The Kier molecular flexibility index (Phi) is 9.75. The van der Waals surface area contributed by atoms with E-state index in [2.05, 4.69) is 20.9 Å². The van der Waals surface area contributed by atoms with Crippen LogP contribution >= 0.6 is 7.60 Å². The van der Waals surface area contributed by atoms with E-state index >= 15 is 0 Å². The van der Waals surface area contributed by atoms with Crippen LogP contribution in [0.2, 0.25) is 0 Å². The van der Waals surface area contributed by atoms with Gasteiger partial charge in [-0.05, 0) is 61.9 Å². The molecule has 0 aliphatic carbocycles. The molecule has 2 aliphatic heterocycles. The summed E-state index contributed by atoms with van der Waals surface area (Å²) in [6, 6.07) is 22.2. The number of anilines is 3. The van der Waals surface area contributed by atoms with E-state index in [4.69, 9.17) is 9.05 Å². The lowest BCUT2D eigenvalue weighted by molar-refractivity contribution is -0.119. The minimum absolute atomic E-state index is 0.0288. The molecule has 2 amide bonds. The summed E-state index contributed by atoms with van der Waals surface area (Å²) in [5.41, 5.74) is 4.53. The summed E-state index contributed by atoms with van der Waals surface area (Å²) in [6.07, 6.45) is 0. The summed E-state index contributed by atoms with van der Waals surface area (Å²) >= 11 is 0. The number of nitrogens with zero attached hydrogens (tertiary/aromatic N) is 2. The number of nitrogens with one attached hydrogen (secondary N) is 3.